The summed E-state index contributed by atoms with van der Waals surface area (Å²) in [6, 6.07) is 6.49. The molecular weight excluding hydrogens is 359 g/mol. The Morgan fingerprint density at radius 1 is 1.18 bits per heavy atom. The third kappa shape index (κ3) is 7.56. The smallest absolute Gasteiger partial charge is 0.236 e. The molecule has 1 aromatic carbocycles. The van der Waals surface area contributed by atoms with Crippen molar-refractivity contribution in [1.82, 2.24) is 20.0 Å². The molecule has 1 N–H and O–H groups in total. The number of rotatable bonds is 7. The van der Waals surface area contributed by atoms with E-state index in [0.717, 1.165) is 12.1 Å². The normalized spacial score (nSPS) is 15.7. The number of hydrogen-bond donors (Lipinski definition) is 1. The molecule has 1 fully saturated rings. The number of piperazine rings is 1. The van der Waals surface area contributed by atoms with Gasteiger partial charge in [0.05, 0.1) is 13.1 Å². The molecule has 0 unspecified atom stereocenters. The van der Waals surface area contributed by atoms with Gasteiger partial charge in [-0.05, 0) is 45.0 Å². The molecule has 1 aliphatic rings. The third-order valence-corrected chi connectivity index (χ3v) is 4.71. The molecule has 0 saturated carbocycles. The summed E-state index contributed by atoms with van der Waals surface area (Å²) in [6.45, 7) is 12.5. The number of likely N-dealkylation sites (N-methyl/N-ethyl adjacent to an activating group) is 1. The van der Waals surface area contributed by atoms with Crippen molar-refractivity contribution in [3.05, 3.63) is 35.6 Å². The topological polar surface area (TPSA) is 55.9 Å². The second-order valence-electron chi connectivity index (χ2n) is 8.39. The Bertz CT molecular complexity index is 667. The van der Waals surface area contributed by atoms with Crippen molar-refractivity contribution >= 4 is 11.8 Å². The maximum atomic E-state index is 13.4. The zero-order chi connectivity index (χ0) is 20.7. The maximum Gasteiger partial charge on any atom is 0.236 e. The number of hydrogen-bond acceptors (Lipinski definition) is 4. The number of halogens is 1. The minimum absolute atomic E-state index is 0.0135. The highest BCUT2D eigenvalue weighted by atomic mass is 19.1. The summed E-state index contributed by atoms with van der Waals surface area (Å²) in [7, 11) is 0. The fourth-order valence-corrected chi connectivity index (χ4v) is 3.28. The third-order valence-electron chi connectivity index (χ3n) is 4.71. The average Bonchev–Trinajstić information content (AvgIpc) is 2.60. The highest BCUT2D eigenvalue weighted by Gasteiger charge is 2.24. The van der Waals surface area contributed by atoms with Gasteiger partial charge < -0.3 is 10.2 Å². The molecule has 28 heavy (non-hydrogen) atoms. The van der Waals surface area contributed by atoms with Crippen LogP contribution in [0.5, 0.6) is 0 Å². The Morgan fingerprint density at radius 3 is 2.43 bits per heavy atom. The Morgan fingerprint density at radius 2 is 1.86 bits per heavy atom. The van der Waals surface area contributed by atoms with Gasteiger partial charge in [-0.25, -0.2) is 4.39 Å². The SMILES string of the molecule is CCN(CC(=O)N1CCN(CC(=O)NC(C)(C)C)CC1)Cc1cccc(F)c1. The van der Waals surface area contributed by atoms with E-state index in [9.17, 15) is 14.0 Å². The van der Waals surface area contributed by atoms with Crippen LogP contribution in [0.25, 0.3) is 0 Å². The maximum absolute atomic E-state index is 13.4. The minimum Gasteiger partial charge on any atom is -0.350 e. The van der Waals surface area contributed by atoms with Crippen LogP contribution in [0.15, 0.2) is 24.3 Å². The van der Waals surface area contributed by atoms with Gasteiger partial charge in [0.2, 0.25) is 11.8 Å². The van der Waals surface area contributed by atoms with Crippen LogP contribution < -0.4 is 5.32 Å². The zero-order valence-corrected chi connectivity index (χ0v) is 17.5. The monoisotopic (exact) mass is 392 g/mol. The first kappa shape index (κ1) is 22.3. The summed E-state index contributed by atoms with van der Waals surface area (Å²) in [4.78, 5) is 30.7. The molecule has 0 aliphatic carbocycles. The molecule has 7 heteroatoms. The van der Waals surface area contributed by atoms with Crippen molar-refractivity contribution in [1.29, 1.82) is 0 Å². The lowest BCUT2D eigenvalue weighted by molar-refractivity contribution is -0.134. The number of nitrogens with one attached hydrogen (secondary N) is 1. The van der Waals surface area contributed by atoms with E-state index in [0.29, 0.717) is 45.8 Å². The molecule has 0 aromatic heterocycles. The molecule has 1 aromatic rings. The van der Waals surface area contributed by atoms with Gasteiger partial charge in [-0.15, -0.1) is 0 Å². The fourth-order valence-electron chi connectivity index (χ4n) is 3.28. The van der Waals surface area contributed by atoms with Crippen LogP contribution in [0.1, 0.15) is 33.3 Å². The summed E-state index contributed by atoms with van der Waals surface area (Å²) in [5, 5.41) is 2.97. The van der Waals surface area contributed by atoms with Crippen LogP contribution in [0.3, 0.4) is 0 Å². The number of carbonyl (C=O) groups excluding carboxylic acids is 2. The van der Waals surface area contributed by atoms with Crippen LogP contribution in [-0.4, -0.2) is 77.9 Å². The van der Waals surface area contributed by atoms with Crippen molar-refractivity contribution in [3.63, 3.8) is 0 Å². The van der Waals surface area contributed by atoms with E-state index in [2.05, 4.69) is 10.2 Å². The van der Waals surface area contributed by atoms with Gasteiger partial charge in [0.25, 0.3) is 0 Å². The highest BCUT2D eigenvalue weighted by Crippen LogP contribution is 2.09. The molecule has 1 aliphatic heterocycles. The lowest BCUT2D eigenvalue weighted by Crippen LogP contribution is -2.54. The average molecular weight is 393 g/mol. The van der Waals surface area contributed by atoms with E-state index < -0.39 is 0 Å². The van der Waals surface area contributed by atoms with Crippen LogP contribution >= 0.6 is 0 Å². The van der Waals surface area contributed by atoms with E-state index in [-0.39, 0.29) is 23.2 Å². The molecule has 6 nitrogen and oxygen atoms in total. The van der Waals surface area contributed by atoms with Gasteiger partial charge in [0.15, 0.2) is 0 Å². The first-order chi connectivity index (χ1) is 13.2. The Kier molecular flexibility index (Phi) is 7.95. The number of amides is 2. The van der Waals surface area contributed by atoms with E-state index in [1.54, 1.807) is 6.07 Å². The predicted octanol–water partition coefficient (Wildman–Crippen LogP) is 1.71. The fraction of sp³-hybridized carbons (Fsp3) is 0.619. The lowest BCUT2D eigenvalue weighted by atomic mass is 10.1. The van der Waals surface area contributed by atoms with Gasteiger partial charge >= 0.3 is 0 Å². The molecule has 1 saturated heterocycles. The number of benzene rings is 1. The van der Waals surface area contributed by atoms with Gasteiger partial charge in [-0.3, -0.25) is 19.4 Å². The standard InChI is InChI=1S/C21H33FN4O2/c1-5-24(14-17-7-6-8-18(22)13-17)16-20(28)26-11-9-25(10-12-26)15-19(27)23-21(2,3)4/h6-8,13H,5,9-12,14-16H2,1-4H3,(H,23,27). The number of carbonyl (C=O) groups is 2. The molecule has 0 atom stereocenters. The van der Waals surface area contributed by atoms with Crippen LogP contribution in [0.2, 0.25) is 0 Å². The number of nitrogens with zero attached hydrogens (tertiary/aromatic N) is 3. The summed E-state index contributed by atoms with van der Waals surface area (Å²) < 4.78 is 13.4. The van der Waals surface area contributed by atoms with Crippen molar-refractivity contribution in [3.8, 4) is 0 Å². The van der Waals surface area contributed by atoms with Crippen molar-refractivity contribution < 1.29 is 14.0 Å². The van der Waals surface area contributed by atoms with Crippen LogP contribution in [-0.2, 0) is 16.1 Å². The first-order valence-electron chi connectivity index (χ1n) is 9.94. The molecule has 156 valence electrons. The van der Waals surface area contributed by atoms with Crippen LogP contribution in [0, 0.1) is 5.82 Å². The first-order valence-corrected chi connectivity index (χ1v) is 9.94. The Labute approximate surface area is 167 Å². The van der Waals surface area contributed by atoms with Crippen molar-refractivity contribution in [2.24, 2.45) is 0 Å². The predicted molar refractivity (Wildman–Crippen MR) is 108 cm³/mol. The molecule has 2 rings (SSSR count). The van der Waals surface area contributed by atoms with Crippen molar-refractivity contribution in [2.45, 2.75) is 39.8 Å². The molecule has 1 heterocycles. The molecule has 0 radical (unpaired) electrons. The molecular formula is C21H33FN4O2. The lowest BCUT2D eigenvalue weighted by Gasteiger charge is -2.36. The van der Waals surface area contributed by atoms with E-state index in [1.165, 1.54) is 12.1 Å². The van der Waals surface area contributed by atoms with Crippen LogP contribution in [0.4, 0.5) is 4.39 Å². The second kappa shape index (κ2) is 9.98. The molecule has 0 bridgehead atoms. The largest absolute Gasteiger partial charge is 0.350 e. The van der Waals surface area contributed by atoms with Gasteiger partial charge in [-0.2, -0.15) is 0 Å². The molecule has 0 spiro atoms. The zero-order valence-electron chi connectivity index (χ0n) is 17.5. The van der Waals surface area contributed by atoms with E-state index >= 15 is 0 Å². The summed E-state index contributed by atoms with van der Waals surface area (Å²) in [5.41, 5.74) is 0.629. The Balaban J connectivity index is 1.78. The second-order valence-corrected chi connectivity index (χ2v) is 8.39. The van der Waals surface area contributed by atoms with Gasteiger partial charge in [0, 0.05) is 38.3 Å². The summed E-state index contributed by atoms with van der Waals surface area (Å²) >= 11 is 0. The van der Waals surface area contributed by atoms with E-state index in [4.69, 9.17) is 0 Å². The quantitative estimate of drug-likeness (QED) is 0.768. The van der Waals surface area contributed by atoms with E-state index in [1.807, 2.05) is 43.6 Å². The minimum atomic E-state index is -0.258. The Hall–Kier alpha value is -1.99. The summed E-state index contributed by atoms with van der Waals surface area (Å²) in [5.74, 6) is -0.164. The van der Waals surface area contributed by atoms with Gasteiger partial charge in [-0.1, -0.05) is 19.1 Å². The van der Waals surface area contributed by atoms with Crippen molar-refractivity contribution in [2.75, 3.05) is 45.8 Å². The highest BCUT2D eigenvalue weighted by molar-refractivity contribution is 5.79. The summed E-state index contributed by atoms with van der Waals surface area (Å²) in [6.07, 6.45) is 0. The molecule has 2 amide bonds. The van der Waals surface area contributed by atoms with Gasteiger partial charge in [0.1, 0.15) is 5.82 Å².